The second-order valence-electron chi connectivity index (χ2n) is 6.12. The highest BCUT2D eigenvalue weighted by Crippen LogP contribution is 2.37. The van der Waals surface area contributed by atoms with Gasteiger partial charge >= 0.3 is 10.8 Å². The zero-order valence-corrected chi connectivity index (χ0v) is 15.7. The van der Waals surface area contributed by atoms with E-state index >= 15 is 0 Å². The topological polar surface area (TPSA) is 80.9 Å². The zero-order chi connectivity index (χ0) is 18.8. The van der Waals surface area contributed by atoms with E-state index in [1.165, 1.54) is 0 Å². The van der Waals surface area contributed by atoms with E-state index in [4.69, 9.17) is 4.74 Å². The Balaban J connectivity index is 1.91. The molecule has 1 aromatic carbocycles. The number of ether oxygens (including phenoxy) is 1. The highest BCUT2D eigenvalue weighted by Gasteiger charge is 2.21. The molecule has 7 heteroatoms. The molecule has 2 heterocycles. The van der Waals surface area contributed by atoms with Gasteiger partial charge in [-0.05, 0) is 32.4 Å². The van der Waals surface area contributed by atoms with Crippen molar-refractivity contribution in [3.05, 3.63) is 44.4 Å². The van der Waals surface area contributed by atoms with Crippen LogP contribution in [0.5, 0.6) is 5.88 Å². The molecule has 0 unspecified atom stereocenters. The quantitative estimate of drug-likeness (QED) is 0.813. The lowest BCUT2D eigenvalue weighted by Gasteiger charge is -2.11. The van der Waals surface area contributed by atoms with Crippen LogP contribution in [0.3, 0.4) is 0 Å². The first-order valence-corrected chi connectivity index (χ1v) is 9.21. The summed E-state index contributed by atoms with van der Waals surface area (Å²) in [5.74, 6) is -0.775. The number of aromatic nitrogens is 1. The van der Waals surface area contributed by atoms with Crippen molar-refractivity contribution in [3.8, 4) is 5.88 Å². The van der Waals surface area contributed by atoms with E-state index in [9.17, 15) is 14.7 Å². The molecule has 0 amide bonds. The lowest BCUT2D eigenvalue weighted by Crippen LogP contribution is -2.23. The van der Waals surface area contributed by atoms with E-state index in [1.54, 1.807) is 13.0 Å². The summed E-state index contributed by atoms with van der Waals surface area (Å²) in [7, 11) is 0. The van der Waals surface area contributed by atoms with E-state index < -0.39 is 10.8 Å². The number of benzene rings is 1. The second kappa shape index (κ2) is 7.29. The molecule has 0 saturated carbocycles. The normalized spacial score (nSPS) is 15.7. The number of nitrogens with zero attached hydrogens (tertiary/aromatic N) is 2. The standard InChI is InChI=1S/C19H20N2O4S/c1-4-11(2)25-17(22)10-21-18(23)16(26-19(21)24)9-14-12(3)20-15-8-6-5-7-13(14)15/h5-9,11,23H,4,10H2,1-3H3/t11-/m1/s1. The second-order valence-corrected chi connectivity index (χ2v) is 7.12. The van der Waals surface area contributed by atoms with Crippen molar-refractivity contribution in [3.63, 3.8) is 0 Å². The van der Waals surface area contributed by atoms with Gasteiger partial charge in [-0.15, -0.1) is 0 Å². The van der Waals surface area contributed by atoms with Crippen molar-refractivity contribution >= 4 is 40.4 Å². The Kier molecular flexibility index (Phi) is 5.08. The number of hydrogen-bond acceptors (Lipinski definition) is 6. The first kappa shape index (κ1) is 18.1. The van der Waals surface area contributed by atoms with Crippen LogP contribution in [0.1, 0.15) is 37.6 Å². The number of hydrogen-bond donors (Lipinski definition) is 1. The fraction of sp³-hybridized carbons (Fsp3) is 0.316. The molecule has 3 rings (SSSR count). The van der Waals surface area contributed by atoms with Gasteiger partial charge in [0.15, 0.2) is 0 Å². The van der Waals surface area contributed by atoms with Crippen molar-refractivity contribution in [2.45, 2.75) is 39.8 Å². The Bertz CT molecular complexity index is 968. The van der Waals surface area contributed by atoms with Crippen LogP contribution in [0, 0.1) is 0 Å². The summed E-state index contributed by atoms with van der Waals surface area (Å²) in [4.78, 5) is 28.6. The molecule has 6 nitrogen and oxygen atoms in total. The monoisotopic (exact) mass is 372 g/mol. The smallest absolute Gasteiger partial charge is 0.326 e. The number of carbonyl (C=O) groups is 1. The van der Waals surface area contributed by atoms with Gasteiger partial charge < -0.3 is 9.84 Å². The van der Waals surface area contributed by atoms with E-state index in [0.717, 1.165) is 38.4 Å². The lowest BCUT2D eigenvalue weighted by molar-refractivity contribution is -0.149. The molecule has 0 bridgehead atoms. The van der Waals surface area contributed by atoms with Gasteiger partial charge in [0.05, 0.1) is 16.7 Å². The van der Waals surface area contributed by atoms with Gasteiger partial charge in [-0.3, -0.25) is 19.1 Å². The van der Waals surface area contributed by atoms with Gasteiger partial charge in [-0.1, -0.05) is 36.5 Å². The SMILES string of the molecule is CC[C@@H](C)OC(=O)Cn1c(O)c(C=C2C(C)=Nc3ccccc32)sc1=O. The Hall–Kier alpha value is -2.67. The van der Waals surface area contributed by atoms with E-state index in [1.807, 2.05) is 38.1 Å². The van der Waals surface area contributed by atoms with Crippen LogP contribution >= 0.6 is 11.3 Å². The fourth-order valence-corrected chi connectivity index (χ4v) is 3.50. The number of fused-ring (bicyclic) bond motifs is 1. The molecule has 136 valence electrons. The minimum absolute atomic E-state index is 0.227. The number of aromatic hydroxyl groups is 1. The molecule has 1 aromatic heterocycles. The Labute approximate surface area is 155 Å². The van der Waals surface area contributed by atoms with Gasteiger partial charge in [0.25, 0.3) is 0 Å². The lowest BCUT2D eigenvalue weighted by atomic mass is 10.0. The molecule has 1 atom stereocenters. The van der Waals surface area contributed by atoms with Gasteiger partial charge in [0.2, 0.25) is 5.88 Å². The molecule has 0 saturated heterocycles. The predicted octanol–water partition coefficient (Wildman–Crippen LogP) is 3.60. The molecule has 0 fully saturated rings. The maximum Gasteiger partial charge on any atom is 0.326 e. The Morgan fingerprint density at radius 1 is 1.42 bits per heavy atom. The molecule has 1 N–H and O–H groups in total. The fourth-order valence-electron chi connectivity index (χ4n) is 2.67. The first-order chi connectivity index (χ1) is 12.4. The third kappa shape index (κ3) is 3.48. The maximum absolute atomic E-state index is 12.2. The van der Waals surface area contributed by atoms with Crippen LogP contribution in [0.25, 0.3) is 11.6 Å². The van der Waals surface area contributed by atoms with E-state index in [0.29, 0.717) is 11.3 Å². The summed E-state index contributed by atoms with van der Waals surface area (Å²) in [6.45, 7) is 5.26. The maximum atomic E-state index is 12.2. The Morgan fingerprint density at radius 3 is 2.88 bits per heavy atom. The van der Waals surface area contributed by atoms with Crippen molar-refractivity contribution in [2.24, 2.45) is 4.99 Å². The number of rotatable bonds is 5. The molecular weight excluding hydrogens is 352 g/mol. The van der Waals surface area contributed by atoms with Crippen LogP contribution in [0.15, 0.2) is 34.1 Å². The summed E-state index contributed by atoms with van der Waals surface area (Å²) in [6, 6.07) is 7.69. The molecule has 2 aromatic rings. The Morgan fingerprint density at radius 2 is 2.15 bits per heavy atom. The van der Waals surface area contributed by atoms with Crippen LogP contribution in [-0.2, 0) is 16.1 Å². The van der Waals surface area contributed by atoms with E-state index in [-0.39, 0.29) is 18.5 Å². The molecule has 0 aliphatic carbocycles. The molecule has 1 aliphatic heterocycles. The summed E-state index contributed by atoms with van der Waals surface area (Å²) >= 11 is 0.889. The predicted molar refractivity (Wildman–Crippen MR) is 103 cm³/mol. The van der Waals surface area contributed by atoms with Crippen molar-refractivity contribution in [1.82, 2.24) is 4.57 Å². The number of esters is 1. The minimum atomic E-state index is -0.544. The van der Waals surface area contributed by atoms with Crippen LogP contribution in [0.4, 0.5) is 5.69 Å². The third-order valence-corrected chi connectivity index (χ3v) is 5.15. The summed E-state index contributed by atoms with van der Waals surface area (Å²) in [5, 5.41) is 10.4. The molecule has 0 spiro atoms. The summed E-state index contributed by atoms with van der Waals surface area (Å²) in [6.07, 6.45) is 2.20. The number of para-hydroxylation sites is 1. The highest BCUT2D eigenvalue weighted by molar-refractivity contribution is 7.10. The number of carbonyl (C=O) groups excluding carboxylic acids is 1. The molecule has 1 aliphatic rings. The summed E-state index contributed by atoms with van der Waals surface area (Å²) < 4.78 is 6.22. The molecule has 0 radical (unpaired) electrons. The number of aliphatic imine (C=N–C) groups is 1. The number of thiazole rings is 1. The average molecular weight is 372 g/mol. The number of allylic oxidation sites excluding steroid dienone is 1. The molecule has 26 heavy (non-hydrogen) atoms. The first-order valence-electron chi connectivity index (χ1n) is 8.39. The third-order valence-electron chi connectivity index (χ3n) is 4.24. The van der Waals surface area contributed by atoms with Crippen molar-refractivity contribution in [1.29, 1.82) is 0 Å². The van der Waals surface area contributed by atoms with Gasteiger partial charge in [-0.25, -0.2) is 0 Å². The van der Waals surface area contributed by atoms with Crippen LogP contribution in [0.2, 0.25) is 0 Å². The minimum Gasteiger partial charge on any atom is -0.493 e. The van der Waals surface area contributed by atoms with Gasteiger partial charge in [0, 0.05) is 16.8 Å². The van der Waals surface area contributed by atoms with E-state index in [2.05, 4.69) is 4.99 Å². The highest BCUT2D eigenvalue weighted by atomic mass is 32.1. The molecular formula is C19H20N2O4S. The zero-order valence-electron chi connectivity index (χ0n) is 14.9. The van der Waals surface area contributed by atoms with Crippen molar-refractivity contribution < 1.29 is 14.6 Å². The van der Waals surface area contributed by atoms with Gasteiger partial charge in [0.1, 0.15) is 6.54 Å². The average Bonchev–Trinajstić information content (AvgIpc) is 3.06. The van der Waals surface area contributed by atoms with Gasteiger partial charge in [-0.2, -0.15) is 0 Å². The largest absolute Gasteiger partial charge is 0.493 e. The van der Waals surface area contributed by atoms with Crippen molar-refractivity contribution in [2.75, 3.05) is 0 Å². The van der Waals surface area contributed by atoms with Crippen LogP contribution < -0.4 is 4.87 Å². The van der Waals surface area contributed by atoms with Crippen LogP contribution in [-0.4, -0.2) is 27.5 Å². The summed E-state index contributed by atoms with van der Waals surface area (Å²) in [5.41, 5.74) is 3.48.